The molecule has 0 saturated carbocycles. The first kappa shape index (κ1) is 16.8. The van der Waals surface area contributed by atoms with Crippen molar-refractivity contribution in [3.8, 4) is 0 Å². The van der Waals surface area contributed by atoms with Crippen molar-refractivity contribution in [2.45, 2.75) is 0 Å². The molecule has 0 spiro atoms. The Morgan fingerprint density at radius 1 is 1.00 bits per heavy atom. The monoisotopic (exact) mass is 350 g/mol. The molecule has 0 fully saturated rings. The van der Waals surface area contributed by atoms with Crippen molar-refractivity contribution in [1.82, 2.24) is 15.8 Å². The van der Waals surface area contributed by atoms with Crippen LogP contribution in [0.1, 0.15) is 5.56 Å². The van der Waals surface area contributed by atoms with Gasteiger partial charge in [-0.25, -0.2) is 0 Å². The van der Waals surface area contributed by atoms with E-state index in [1.54, 1.807) is 30.6 Å². The lowest BCUT2D eigenvalue weighted by atomic mass is 10.2. The Morgan fingerprint density at radius 3 is 2.39 bits per heavy atom. The van der Waals surface area contributed by atoms with E-state index in [2.05, 4.69) is 27.7 Å². The van der Waals surface area contributed by atoms with Crippen LogP contribution in [0, 0.1) is 0 Å². The van der Waals surface area contributed by atoms with Crippen molar-refractivity contribution in [3.05, 3.63) is 64.9 Å². The van der Waals surface area contributed by atoms with E-state index >= 15 is 0 Å². The van der Waals surface area contributed by atoms with E-state index in [9.17, 15) is 9.59 Å². The molecule has 0 radical (unpaired) electrons. The smallest absolute Gasteiger partial charge is 0.316 e. The molecule has 0 atom stereocenters. The molecule has 0 aliphatic heterocycles. The topological polar surface area (TPSA) is 83.1 Å². The van der Waals surface area contributed by atoms with Gasteiger partial charge in [0, 0.05) is 23.0 Å². The fourth-order valence-electron chi connectivity index (χ4n) is 1.59. The summed E-state index contributed by atoms with van der Waals surface area (Å²) in [5.74, 6) is -1.81. The fourth-order valence-corrected chi connectivity index (χ4v) is 1.92. The number of carbonyl (C=O) groups is 2. The Kier molecular flexibility index (Phi) is 5.56. The van der Waals surface area contributed by atoms with E-state index < -0.39 is 11.8 Å². The van der Waals surface area contributed by atoms with Crippen LogP contribution in [0.4, 0.5) is 5.69 Å². The molecule has 0 aliphatic carbocycles. The average molecular weight is 351 g/mol. The third kappa shape index (κ3) is 4.70. The van der Waals surface area contributed by atoms with Gasteiger partial charge in [-0.1, -0.05) is 29.8 Å². The summed E-state index contributed by atoms with van der Waals surface area (Å²) in [6, 6.07) is 7.93. The predicted octanol–water partition coefficient (Wildman–Crippen LogP) is 2.62. The standard InChI is InChI=1S/C15H12Cl2N4O2/c1-9(10-4-6-18-7-5-10)20-21-15(23)14(22)19-13-8-11(16)2-3-12(13)17/h2-8,20H,1H2,(H,19,22)(H,21,23). The first-order valence-corrected chi connectivity index (χ1v) is 7.14. The number of rotatable bonds is 4. The molecule has 0 bridgehead atoms. The zero-order valence-electron chi connectivity index (χ0n) is 11.8. The van der Waals surface area contributed by atoms with Gasteiger partial charge in [-0.05, 0) is 30.3 Å². The molecule has 0 unspecified atom stereocenters. The number of nitrogens with zero attached hydrogens (tertiary/aromatic N) is 1. The number of carbonyl (C=O) groups excluding carboxylic acids is 2. The quantitative estimate of drug-likeness (QED) is 0.584. The average Bonchev–Trinajstić information content (AvgIpc) is 2.56. The van der Waals surface area contributed by atoms with Crippen molar-refractivity contribution in [2.75, 3.05) is 5.32 Å². The largest absolute Gasteiger partial charge is 0.327 e. The summed E-state index contributed by atoms with van der Waals surface area (Å²) < 4.78 is 0. The lowest BCUT2D eigenvalue weighted by Gasteiger charge is -2.11. The highest BCUT2D eigenvalue weighted by Gasteiger charge is 2.15. The van der Waals surface area contributed by atoms with Crippen molar-refractivity contribution < 1.29 is 9.59 Å². The predicted molar refractivity (Wildman–Crippen MR) is 89.6 cm³/mol. The Hall–Kier alpha value is -2.57. The van der Waals surface area contributed by atoms with Gasteiger partial charge in [0.1, 0.15) is 0 Å². The first-order chi connectivity index (χ1) is 11.0. The number of nitrogens with one attached hydrogen (secondary N) is 3. The second-order valence-corrected chi connectivity index (χ2v) is 5.22. The second-order valence-electron chi connectivity index (χ2n) is 4.37. The number of aromatic nitrogens is 1. The molecule has 0 aliphatic rings. The molecule has 6 nitrogen and oxygen atoms in total. The first-order valence-electron chi connectivity index (χ1n) is 6.39. The molecule has 3 N–H and O–H groups in total. The van der Waals surface area contributed by atoms with Crippen LogP contribution in [0.25, 0.3) is 5.70 Å². The summed E-state index contributed by atoms with van der Waals surface area (Å²) in [6.45, 7) is 3.74. The van der Waals surface area contributed by atoms with E-state index in [0.717, 1.165) is 5.56 Å². The molecule has 1 aromatic carbocycles. The van der Waals surface area contributed by atoms with Crippen molar-refractivity contribution in [3.63, 3.8) is 0 Å². The highest BCUT2D eigenvalue weighted by atomic mass is 35.5. The molecule has 2 aromatic rings. The molecule has 8 heteroatoms. The van der Waals surface area contributed by atoms with Crippen molar-refractivity contribution in [1.29, 1.82) is 0 Å². The third-order valence-corrected chi connectivity index (χ3v) is 3.30. The van der Waals surface area contributed by atoms with Crippen LogP contribution in [0.3, 0.4) is 0 Å². The summed E-state index contributed by atoms with van der Waals surface area (Å²) in [5, 5.41) is 3.02. The van der Waals surface area contributed by atoms with E-state index in [1.165, 1.54) is 12.1 Å². The van der Waals surface area contributed by atoms with Crippen LogP contribution in [0.15, 0.2) is 49.3 Å². The molecule has 0 saturated heterocycles. The normalized spacial score (nSPS) is 9.83. The third-order valence-electron chi connectivity index (χ3n) is 2.74. The minimum absolute atomic E-state index is 0.243. The van der Waals surface area contributed by atoms with Crippen LogP contribution in [-0.4, -0.2) is 16.8 Å². The van der Waals surface area contributed by atoms with Crippen LogP contribution >= 0.6 is 23.2 Å². The van der Waals surface area contributed by atoms with Gasteiger partial charge in [-0.15, -0.1) is 0 Å². The number of hydrogen-bond acceptors (Lipinski definition) is 4. The maximum atomic E-state index is 11.8. The lowest BCUT2D eigenvalue weighted by Crippen LogP contribution is -2.42. The van der Waals surface area contributed by atoms with Gasteiger partial charge < -0.3 is 5.32 Å². The zero-order valence-corrected chi connectivity index (χ0v) is 13.3. The number of anilines is 1. The van der Waals surface area contributed by atoms with Gasteiger partial charge in [0.05, 0.1) is 16.4 Å². The Labute approximate surface area is 142 Å². The summed E-state index contributed by atoms with van der Waals surface area (Å²) in [5.41, 5.74) is 6.16. The fraction of sp³-hybridized carbons (Fsp3) is 0. The van der Waals surface area contributed by atoms with E-state index in [0.29, 0.717) is 10.7 Å². The van der Waals surface area contributed by atoms with Crippen LogP contribution in [0.2, 0.25) is 10.0 Å². The molecular formula is C15H12Cl2N4O2. The molecular weight excluding hydrogens is 339 g/mol. The van der Waals surface area contributed by atoms with E-state index in [4.69, 9.17) is 23.2 Å². The highest BCUT2D eigenvalue weighted by Crippen LogP contribution is 2.25. The van der Waals surface area contributed by atoms with Crippen LogP contribution in [-0.2, 0) is 9.59 Å². The van der Waals surface area contributed by atoms with Gasteiger partial charge in [0.25, 0.3) is 0 Å². The molecule has 1 heterocycles. The van der Waals surface area contributed by atoms with Gasteiger partial charge in [-0.2, -0.15) is 0 Å². The zero-order chi connectivity index (χ0) is 16.8. The van der Waals surface area contributed by atoms with E-state index in [1.807, 2.05) is 0 Å². The molecule has 23 heavy (non-hydrogen) atoms. The number of halogens is 2. The molecule has 1 aromatic heterocycles. The SMILES string of the molecule is C=C(NNC(=O)C(=O)Nc1cc(Cl)ccc1Cl)c1ccncc1. The van der Waals surface area contributed by atoms with Crippen molar-refractivity contribution in [2.24, 2.45) is 0 Å². The summed E-state index contributed by atoms with van der Waals surface area (Å²) in [4.78, 5) is 27.5. The van der Waals surface area contributed by atoms with Crippen LogP contribution in [0.5, 0.6) is 0 Å². The van der Waals surface area contributed by atoms with Crippen molar-refractivity contribution >= 4 is 46.4 Å². The number of pyridine rings is 1. The Morgan fingerprint density at radius 2 is 1.70 bits per heavy atom. The molecule has 118 valence electrons. The maximum absolute atomic E-state index is 11.8. The van der Waals surface area contributed by atoms with Gasteiger partial charge >= 0.3 is 11.8 Å². The number of hydrogen-bond donors (Lipinski definition) is 3. The second kappa shape index (κ2) is 7.62. The van der Waals surface area contributed by atoms with Crippen LogP contribution < -0.4 is 16.2 Å². The highest BCUT2D eigenvalue weighted by molar-refractivity contribution is 6.42. The summed E-state index contributed by atoms with van der Waals surface area (Å²) >= 11 is 11.7. The van der Waals surface area contributed by atoms with Gasteiger partial charge in [-0.3, -0.25) is 25.4 Å². The number of hydrazine groups is 1. The van der Waals surface area contributed by atoms with E-state index in [-0.39, 0.29) is 10.7 Å². The van der Waals surface area contributed by atoms with Gasteiger partial charge in [0.15, 0.2) is 0 Å². The molecule has 2 amide bonds. The molecule has 2 rings (SSSR count). The number of amides is 2. The lowest BCUT2D eigenvalue weighted by molar-refractivity contribution is -0.136. The minimum atomic E-state index is -0.906. The minimum Gasteiger partial charge on any atom is -0.316 e. The maximum Gasteiger partial charge on any atom is 0.327 e. The summed E-state index contributed by atoms with van der Waals surface area (Å²) in [6.07, 6.45) is 3.16. The Balaban J connectivity index is 1.92. The van der Waals surface area contributed by atoms with Gasteiger partial charge in [0.2, 0.25) is 0 Å². The Bertz CT molecular complexity index is 750. The summed E-state index contributed by atoms with van der Waals surface area (Å²) in [7, 11) is 0. The number of benzene rings is 1.